The molecule has 1 N–H and O–H groups in total. The second kappa shape index (κ2) is 6.77. The van der Waals surface area contributed by atoms with Crippen molar-refractivity contribution in [2.24, 2.45) is 5.92 Å². The summed E-state index contributed by atoms with van der Waals surface area (Å²) >= 11 is 0. The number of hydrogen-bond acceptors (Lipinski definition) is 5. The maximum atomic E-state index is 13.5. The summed E-state index contributed by atoms with van der Waals surface area (Å²) in [7, 11) is 0. The highest BCUT2D eigenvalue weighted by Gasteiger charge is 2.48. The molecule has 2 heterocycles. The molecule has 6 heteroatoms. The SMILES string of the molecule is Cc1nc(-c2cccc(-c3cccc4c3C(=O)N([C@H](C3CC3)C(C)(C)O)C4)c2)no1. The molecule has 6 nitrogen and oxygen atoms in total. The van der Waals surface area contributed by atoms with Crippen molar-refractivity contribution in [3.8, 4) is 22.5 Å². The smallest absolute Gasteiger partial charge is 0.255 e. The first-order chi connectivity index (χ1) is 14.3. The number of carbonyl (C=O) groups excluding carboxylic acids is 1. The third-order valence-electron chi connectivity index (χ3n) is 6.05. The van der Waals surface area contributed by atoms with Crippen LogP contribution in [0.2, 0.25) is 0 Å². The first kappa shape index (κ1) is 19.0. The van der Waals surface area contributed by atoms with E-state index in [1.165, 1.54) is 0 Å². The van der Waals surface area contributed by atoms with E-state index in [1.54, 1.807) is 6.92 Å². The molecule has 0 spiro atoms. The molecule has 0 bridgehead atoms. The Kier molecular flexibility index (Phi) is 4.29. The van der Waals surface area contributed by atoms with Gasteiger partial charge in [-0.05, 0) is 55.4 Å². The summed E-state index contributed by atoms with van der Waals surface area (Å²) in [4.78, 5) is 19.7. The lowest BCUT2D eigenvalue weighted by molar-refractivity contribution is -0.0224. The normalized spacial score (nSPS) is 17.3. The van der Waals surface area contributed by atoms with Crippen molar-refractivity contribution in [3.05, 3.63) is 59.5 Å². The zero-order chi connectivity index (χ0) is 21.0. The average molecular weight is 403 g/mol. The van der Waals surface area contributed by atoms with Crippen LogP contribution in [0.1, 0.15) is 48.5 Å². The van der Waals surface area contributed by atoms with Gasteiger partial charge in [0.2, 0.25) is 11.7 Å². The Labute approximate surface area is 175 Å². The molecule has 0 radical (unpaired) electrons. The van der Waals surface area contributed by atoms with Gasteiger partial charge in [-0.2, -0.15) is 4.98 Å². The predicted octanol–water partition coefficient (Wildman–Crippen LogP) is 4.22. The highest BCUT2D eigenvalue weighted by atomic mass is 16.5. The number of aromatic nitrogens is 2. The van der Waals surface area contributed by atoms with Gasteiger partial charge < -0.3 is 14.5 Å². The van der Waals surface area contributed by atoms with Crippen molar-refractivity contribution in [3.63, 3.8) is 0 Å². The lowest BCUT2D eigenvalue weighted by atomic mass is 9.92. The van der Waals surface area contributed by atoms with E-state index in [-0.39, 0.29) is 11.9 Å². The molecule has 1 saturated carbocycles. The van der Waals surface area contributed by atoms with E-state index in [9.17, 15) is 9.90 Å². The Morgan fingerprint density at radius 1 is 1.17 bits per heavy atom. The van der Waals surface area contributed by atoms with Crippen molar-refractivity contribution in [1.29, 1.82) is 0 Å². The van der Waals surface area contributed by atoms with Crippen LogP contribution < -0.4 is 0 Å². The highest BCUT2D eigenvalue weighted by Crippen LogP contribution is 2.44. The summed E-state index contributed by atoms with van der Waals surface area (Å²) in [6, 6.07) is 13.7. The molecule has 1 atom stereocenters. The van der Waals surface area contributed by atoms with Gasteiger partial charge in [0.05, 0.1) is 17.2 Å². The second-order valence-corrected chi connectivity index (χ2v) is 8.93. The number of amides is 1. The van der Waals surface area contributed by atoms with Crippen LogP contribution in [0.25, 0.3) is 22.5 Å². The van der Waals surface area contributed by atoms with E-state index in [1.807, 2.05) is 61.2 Å². The Morgan fingerprint density at radius 3 is 2.57 bits per heavy atom. The molecule has 2 aliphatic rings. The van der Waals surface area contributed by atoms with Crippen LogP contribution in [-0.4, -0.2) is 37.7 Å². The number of nitrogens with zero attached hydrogens (tertiary/aromatic N) is 3. The Morgan fingerprint density at radius 2 is 1.90 bits per heavy atom. The van der Waals surface area contributed by atoms with Gasteiger partial charge in [-0.15, -0.1) is 0 Å². The monoisotopic (exact) mass is 403 g/mol. The molecule has 1 aromatic heterocycles. The van der Waals surface area contributed by atoms with E-state index >= 15 is 0 Å². The van der Waals surface area contributed by atoms with Gasteiger partial charge in [0.1, 0.15) is 0 Å². The van der Waals surface area contributed by atoms with Gasteiger partial charge >= 0.3 is 0 Å². The van der Waals surface area contributed by atoms with Gasteiger partial charge in [0, 0.05) is 19.0 Å². The summed E-state index contributed by atoms with van der Waals surface area (Å²) in [5.41, 5.74) is 3.48. The van der Waals surface area contributed by atoms with E-state index < -0.39 is 5.60 Å². The van der Waals surface area contributed by atoms with Crippen molar-refractivity contribution < 1.29 is 14.4 Å². The molecule has 154 valence electrons. The third-order valence-corrected chi connectivity index (χ3v) is 6.05. The third kappa shape index (κ3) is 3.21. The Bertz CT molecular complexity index is 1120. The molecule has 1 aliphatic heterocycles. The van der Waals surface area contributed by atoms with Crippen molar-refractivity contribution in [1.82, 2.24) is 15.0 Å². The summed E-state index contributed by atoms with van der Waals surface area (Å²) in [6.07, 6.45) is 2.13. The molecular weight excluding hydrogens is 378 g/mol. The minimum Gasteiger partial charge on any atom is -0.388 e. The van der Waals surface area contributed by atoms with Crippen LogP contribution in [0.15, 0.2) is 47.0 Å². The average Bonchev–Trinajstić information content (AvgIpc) is 3.35. The maximum absolute atomic E-state index is 13.5. The topological polar surface area (TPSA) is 79.5 Å². The fraction of sp³-hybridized carbons (Fsp3) is 0.375. The summed E-state index contributed by atoms with van der Waals surface area (Å²) < 4.78 is 5.11. The minimum absolute atomic E-state index is 0.000401. The Balaban J connectivity index is 1.55. The van der Waals surface area contributed by atoms with Crippen LogP contribution in [0.3, 0.4) is 0 Å². The number of aryl methyl sites for hydroxylation is 1. The summed E-state index contributed by atoms with van der Waals surface area (Å²) in [5.74, 6) is 1.42. The molecule has 3 aromatic rings. The predicted molar refractivity (Wildman–Crippen MR) is 113 cm³/mol. The van der Waals surface area contributed by atoms with Crippen molar-refractivity contribution >= 4 is 5.91 Å². The standard InChI is InChI=1S/C24H25N3O3/c1-14-25-22(26-30-14)17-7-4-6-16(12-17)19-9-5-8-18-13-27(23(28)20(18)19)21(15-10-11-15)24(2,3)29/h4-9,12,15,21,29H,10-11,13H2,1-3H3/t21-/m1/s1. The van der Waals surface area contributed by atoms with E-state index in [4.69, 9.17) is 4.52 Å². The van der Waals surface area contributed by atoms with Crippen LogP contribution >= 0.6 is 0 Å². The molecule has 1 aliphatic carbocycles. The summed E-state index contributed by atoms with van der Waals surface area (Å²) in [6.45, 7) is 5.92. The molecule has 5 rings (SSSR count). The van der Waals surface area contributed by atoms with Gasteiger partial charge in [-0.25, -0.2) is 0 Å². The molecule has 0 unspecified atom stereocenters. The summed E-state index contributed by atoms with van der Waals surface area (Å²) in [5, 5.41) is 14.8. The van der Waals surface area contributed by atoms with Crippen molar-refractivity contribution in [2.45, 2.75) is 51.8 Å². The number of rotatable bonds is 5. The number of aliphatic hydroxyl groups is 1. The fourth-order valence-electron chi connectivity index (χ4n) is 4.72. The lowest BCUT2D eigenvalue weighted by Crippen LogP contribution is -2.51. The molecule has 1 fully saturated rings. The van der Waals surface area contributed by atoms with E-state index in [0.717, 1.165) is 40.7 Å². The first-order valence-electron chi connectivity index (χ1n) is 10.4. The van der Waals surface area contributed by atoms with Crippen LogP contribution in [0.4, 0.5) is 0 Å². The van der Waals surface area contributed by atoms with Crippen molar-refractivity contribution in [2.75, 3.05) is 0 Å². The number of fused-ring (bicyclic) bond motifs is 1. The fourth-order valence-corrected chi connectivity index (χ4v) is 4.72. The van der Waals surface area contributed by atoms with Crippen LogP contribution in [0.5, 0.6) is 0 Å². The molecular formula is C24H25N3O3. The zero-order valence-corrected chi connectivity index (χ0v) is 17.4. The van der Waals surface area contributed by atoms with Gasteiger partial charge in [0.25, 0.3) is 5.91 Å². The van der Waals surface area contributed by atoms with E-state index in [2.05, 4.69) is 10.1 Å². The number of benzene rings is 2. The van der Waals surface area contributed by atoms with Crippen LogP contribution in [-0.2, 0) is 6.54 Å². The first-order valence-corrected chi connectivity index (χ1v) is 10.4. The molecule has 2 aromatic carbocycles. The van der Waals surface area contributed by atoms with E-state index in [0.29, 0.717) is 24.2 Å². The lowest BCUT2D eigenvalue weighted by Gasteiger charge is -2.37. The number of hydrogen-bond donors (Lipinski definition) is 1. The highest BCUT2D eigenvalue weighted by molar-refractivity contribution is 6.05. The second-order valence-electron chi connectivity index (χ2n) is 8.93. The van der Waals surface area contributed by atoms with Gasteiger partial charge in [-0.1, -0.05) is 41.6 Å². The molecule has 30 heavy (non-hydrogen) atoms. The van der Waals surface area contributed by atoms with Crippen LogP contribution in [0, 0.1) is 12.8 Å². The maximum Gasteiger partial charge on any atom is 0.255 e. The zero-order valence-electron chi connectivity index (χ0n) is 17.4. The quantitative estimate of drug-likeness (QED) is 0.690. The molecule has 1 amide bonds. The van der Waals surface area contributed by atoms with Gasteiger partial charge in [0.15, 0.2) is 0 Å². The molecule has 0 saturated heterocycles. The van der Waals surface area contributed by atoms with Gasteiger partial charge in [-0.3, -0.25) is 4.79 Å². The Hall–Kier alpha value is -2.99. The largest absolute Gasteiger partial charge is 0.388 e. The number of carbonyl (C=O) groups is 1. The minimum atomic E-state index is -0.935.